The lowest BCUT2D eigenvalue weighted by Gasteiger charge is -2.07. The summed E-state index contributed by atoms with van der Waals surface area (Å²) >= 11 is 0. The molecule has 0 aliphatic rings. The van der Waals surface area contributed by atoms with Crippen molar-refractivity contribution in [3.8, 4) is 11.3 Å². The molecular formula is C24H24N4O3S. The molecular weight excluding hydrogens is 424 g/mol. The van der Waals surface area contributed by atoms with Gasteiger partial charge in [0.2, 0.25) is 15.9 Å². The Morgan fingerprint density at radius 2 is 1.75 bits per heavy atom. The third-order valence-corrected chi connectivity index (χ3v) is 6.72. The fourth-order valence-electron chi connectivity index (χ4n) is 3.45. The number of hydrogen-bond donors (Lipinski definition) is 2. The van der Waals surface area contributed by atoms with Crippen LogP contribution in [0.3, 0.4) is 0 Å². The van der Waals surface area contributed by atoms with Gasteiger partial charge < -0.3 is 9.72 Å². The van der Waals surface area contributed by atoms with Gasteiger partial charge in [-0.1, -0.05) is 30.3 Å². The number of pyridine rings is 1. The van der Waals surface area contributed by atoms with Crippen molar-refractivity contribution < 1.29 is 13.2 Å². The number of anilines is 1. The molecule has 1 amide bonds. The van der Waals surface area contributed by atoms with Crippen LogP contribution < -0.4 is 10.0 Å². The van der Waals surface area contributed by atoms with Crippen LogP contribution in [0.5, 0.6) is 0 Å². The largest absolute Gasteiger partial charge is 0.326 e. The smallest absolute Gasteiger partial charge is 0.240 e. The summed E-state index contributed by atoms with van der Waals surface area (Å²) < 4.78 is 27.8. The van der Waals surface area contributed by atoms with Crippen molar-refractivity contribution >= 4 is 27.3 Å². The van der Waals surface area contributed by atoms with E-state index in [0.29, 0.717) is 18.5 Å². The van der Waals surface area contributed by atoms with E-state index in [4.69, 9.17) is 4.98 Å². The lowest BCUT2D eigenvalue weighted by Crippen LogP contribution is -2.18. The number of carbonyl (C=O) groups excluding carboxylic acids is 1. The van der Waals surface area contributed by atoms with Crippen molar-refractivity contribution in [3.63, 3.8) is 0 Å². The van der Waals surface area contributed by atoms with Gasteiger partial charge in [0.15, 0.2) is 0 Å². The Morgan fingerprint density at radius 1 is 1.03 bits per heavy atom. The Kier molecular flexibility index (Phi) is 6.07. The number of fused-ring (bicyclic) bond motifs is 1. The van der Waals surface area contributed by atoms with Gasteiger partial charge in [0.05, 0.1) is 10.6 Å². The summed E-state index contributed by atoms with van der Waals surface area (Å²) in [7, 11) is -2.08. The van der Waals surface area contributed by atoms with Crippen LogP contribution in [0.25, 0.3) is 16.9 Å². The highest BCUT2D eigenvalue weighted by atomic mass is 32.2. The molecule has 0 spiro atoms. The number of imidazole rings is 1. The maximum Gasteiger partial charge on any atom is 0.240 e. The molecule has 0 aliphatic carbocycles. The van der Waals surface area contributed by atoms with E-state index >= 15 is 0 Å². The summed E-state index contributed by atoms with van der Waals surface area (Å²) in [6.45, 7) is 2.03. The lowest BCUT2D eigenvalue weighted by molar-refractivity contribution is -0.116. The lowest BCUT2D eigenvalue weighted by atomic mass is 10.1. The zero-order valence-corrected chi connectivity index (χ0v) is 18.7. The number of hydrogen-bond acceptors (Lipinski definition) is 4. The van der Waals surface area contributed by atoms with E-state index in [1.165, 1.54) is 7.05 Å². The summed E-state index contributed by atoms with van der Waals surface area (Å²) in [6, 6.07) is 18.2. The molecule has 0 radical (unpaired) electrons. The SMILES string of the molecule is CNS(=O)(=O)c1ccc(CCC(=O)Nc2ccc(-c3cn4cccc(C)c4n3)cc2)cc1. The van der Waals surface area contributed by atoms with Crippen LogP contribution in [0.1, 0.15) is 17.5 Å². The van der Waals surface area contributed by atoms with Crippen LogP contribution in [-0.2, 0) is 21.2 Å². The van der Waals surface area contributed by atoms with Gasteiger partial charge >= 0.3 is 0 Å². The molecule has 0 saturated carbocycles. The average Bonchev–Trinajstić information content (AvgIpc) is 3.24. The van der Waals surface area contributed by atoms with Gasteiger partial charge in [0.25, 0.3) is 0 Å². The number of nitrogens with zero attached hydrogens (tertiary/aromatic N) is 2. The Balaban J connectivity index is 1.36. The zero-order valence-electron chi connectivity index (χ0n) is 17.9. The molecule has 0 unspecified atom stereocenters. The minimum atomic E-state index is -3.46. The van der Waals surface area contributed by atoms with Crippen molar-refractivity contribution in [2.45, 2.75) is 24.7 Å². The number of rotatable bonds is 7. The fourth-order valence-corrected chi connectivity index (χ4v) is 4.18. The summed E-state index contributed by atoms with van der Waals surface area (Å²) in [5.74, 6) is -0.104. The van der Waals surface area contributed by atoms with Crippen molar-refractivity contribution in [1.82, 2.24) is 14.1 Å². The van der Waals surface area contributed by atoms with Crippen LogP contribution in [-0.4, -0.2) is 30.8 Å². The Hall–Kier alpha value is -3.49. The topological polar surface area (TPSA) is 92.6 Å². The molecule has 2 aromatic carbocycles. The van der Waals surface area contributed by atoms with Gasteiger partial charge in [-0.2, -0.15) is 0 Å². The van der Waals surface area contributed by atoms with Crippen LogP contribution in [0, 0.1) is 6.92 Å². The van der Waals surface area contributed by atoms with E-state index in [0.717, 1.165) is 28.0 Å². The number of carbonyl (C=O) groups is 1. The highest BCUT2D eigenvalue weighted by Gasteiger charge is 2.11. The molecule has 4 rings (SSSR count). The van der Waals surface area contributed by atoms with Gasteiger partial charge in [-0.25, -0.2) is 18.1 Å². The molecule has 2 N–H and O–H groups in total. The summed E-state index contributed by atoms with van der Waals surface area (Å²) in [4.78, 5) is 17.2. The molecule has 0 saturated heterocycles. The van der Waals surface area contributed by atoms with Crippen LogP contribution in [0.15, 0.2) is 78.0 Å². The first-order valence-corrected chi connectivity index (χ1v) is 11.7. The molecule has 2 aromatic heterocycles. The zero-order chi connectivity index (χ0) is 22.7. The Bertz CT molecular complexity index is 1360. The van der Waals surface area contributed by atoms with Gasteiger partial charge in [-0.05, 0) is 61.9 Å². The van der Waals surface area contributed by atoms with Crippen molar-refractivity contribution in [2.75, 3.05) is 12.4 Å². The van der Waals surface area contributed by atoms with E-state index in [2.05, 4.69) is 10.0 Å². The van der Waals surface area contributed by atoms with E-state index in [1.54, 1.807) is 24.3 Å². The van der Waals surface area contributed by atoms with E-state index in [1.807, 2.05) is 60.1 Å². The molecule has 0 fully saturated rings. The van der Waals surface area contributed by atoms with Crippen molar-refractivity contribution in [1.29, 1.82) is 0 Å². The summed E-state index contributed by atoms with van der Waals surface area (Å²) in [6.07, 6.45) is 4.78. The molecule has 2 heterocycles. The second kappa shape index (κ2) is 8.94. The van der Waals surface area contributed by atoms with E-state index in [-0.39, 0.29) is 10.8 Å². The van der Waals surface area contributed by atoms with Crippen molar-refractivity contribution in [2.24, 2.45) is 0 Å². The Labute approximate surface area is 187 Å². The molecule has 0 aliphatic heterocycles. The van der Waals surface area contributed by atoms with E-state index in [9.17, 15) is 13.2 Å². The average molecular weight is 449 g/mol. The molecule has 0 atom stereocenters. The second-order valence-corrected chi connectivity index (χ2v) is 9.41. The number of nitrogens with one attached hydrogen (secondary N) is 2. The predicted octanol–water partition coefficient (Wildman–Crippen LogP) is 3.79. The highest BCUT2D eigenvalue weighted by Crippen LogP contribution is 2.22. The third-order valence-electron chi connectivity index (χ3n) is 5.29. The number of amides is 1. The van der Waals surface area contributed by atoms with Crippen LogP contribution in [0.2, 0.25) is 0 Å². The van der Waals surface area contributed by atoms with Gasteiger partial charge in [0.1, 0.15) is 5.65 Å². The minimum absolute atomic E-state index is 0.104. The first-order chi connectivity index (χ1) is 15.4. The number of aromatic nitrogens is 2. The van der Waals surface area contributed by atoms with Crippen molar-refractivity contribution in [3.05, 3.63) is 84.2 Å². The quantitative estimate of drug-likeness (QED) is 0.450. The fraction of sp³-hybridized carbons (Fsp3) is 0.167. The predicted molar refractivity (Wildman–Crippen MR) is 125 cm³/mol. The van der Waals surface area contributed by atoms with Gasteiger partial charge in [-0.15, -0.1) is 0 Å². The summed E-state index contributed by atoms with van der Waals surface area (Å²) in [5.41, 5.74) is 5.50. The van der Waals surface area contributed by atoms with Gasteiger partial charge in [0, 0.05) is 30.1 Å². The molecule has 0 bridgehead atoms. The van der Waals surface area contributed by atoms with E-state index < -0.39 is 10.0 Å². The van der Waals surface area contributed by atoms with Crippen LogP contribution in [0.4, 0.5) is 5.69 Å². The first-order valence-electron chi connectivity index (χ1n) is 10.2. The van der Waals surface area contributed by atoms with Crippen LogP contribution >= 0.6 is 0 Å². The monoisotopic (exact) mass is 448 g/mol. The first kappa shape index (κ1) is 21.7. The molecule has 32 heavy (non-hydrogen) atoms. The normalized spacial score (nSPS) is 11.6. The second-order valence-electron chi connectivity index (χ2n) is 7.53. The third kappa shape index (κ3) is 4.71. The highest BCUT2D eigenvalue weighted by molar-refractivity contribution is 7.89. The molecule has 8 heteroatoms. The molecule has 7 nitrogen and oxygen atoms in total. The Morgan fingerprint density at radius 3 is 2.41 bits per heavy atom. The number of benzene rings is 2. The number of sulfonamides is 1. The number of aryl methyl sites for hydroxylation is 2. The minimum Gasteiger partial charge on any atom is -0.326 e. The molecule has 164 valence electrons. The van der Waals surface area contributed by atoms with Gasteiger partial charge in [-0.3, -0.25) is 4.79 Å². The molecule has 4 aromatic rings. The standard InChI is InChI=1S/C24H24N4O3S/c1-17-4-3-15-28-16-22(27-24(17)28)19-8-10-20(11-9-19)26-23(29)14-7-18-5-12-21(13-6-18)32(30,31)25-2/h3-6,8-13,15-16,25H,7,14H2,1-2H3,(H,26,29). The maximum atomic E-state index is 12.3. The summed E-state index contributed by atoms with van der Waals surface area (Å²) in [5, 5.41) is 2.90. The maximum absolute atomic E-state index is 12.3.